The minimum atomic E-state index is -2.37. The number of halogens is 3. The Balaban J connectivity index is 2.54. The number of nitrogens with zero attached hydrogens (tertiary/aromatic N) is 1. The van der Waals surface area contributed by atoms with Crippen LogP contribution in [0.1, 0.15) is 32.1 Å². The maximum atomic E-state index is 12.6. The van der Waals surface area contributed by atoms with Gasteiger partial charge in [-0.2, -0.15) is 0 Å². The molecular weight excluding hydrogens is 495 g/mol. The fraction of sp³-hybridized carbons (Fsp3) is 0.529. The van der Waals surface area contributed by atoms with Crippen LogP contribution in [0.15, 0.2) is 20.8 Å². The van der Waals surface area contributed by atoms with Gasteiger partial charge in [0, 0.05) is 12.6 Å². The number of ether oxygens (including phenoxy) is 1. The van der Waals surface area contributed by atoms with Gasteiger partial charge in [0.1, 0.15) is 18.4 Å². The van der Waals surface area contributed by atoms with Gasteiger partial charge in [-0.3, -0.25) is 23.9 Å². The largest absolute Gasteiger partial charge is 0.382 e. The number of Topliss-reactive ketones (excluding diaryl/α,β-unsaturated/α-hetero) is 2. The number of H-pyrrole nitrogens is 1. The maximum Gasteiger partial charge on any atom is 0.330 e. The highest BCUT2D eigenvalue weighted by molar-refractivity contribution is 9.11. The molecule has 1 aromatic rings. The van der Waals surface area contributed by atoms with Gasteiger partial charge < -0.3 is 14.9 Å². The van der Waals surface area contributed by atoms with Crippen molar-refractivity contribution in [3.63, 3.8) is 0 Å². The molecule has 0 saturated carbocycles. The second-order valence-corrected chi connectivity index (χ2v) is 8.46. The van der Waals surface area contributed by atoms with Gasteiger partial charge in [-0.25, -0.2) is 4.79 Å². The fourth-order valence-corrected chi connectivity index (χ4v) is 3.69. The quantitative estimate of drug-likeness (QED) is 0.455. The lowest BCUT2D eigenvalue weighted by Gasteiger charge is -2.30. The number of nitrogens with one attached hydrogen (secondary N) is 1. The average Bonchev–Trinajstić information content (AvgIpc) is 3.00. The number of rotatable bonds is 7. The van der Waals surface area contributed by atoms with Crippen molar-refractivity contribution in [2.75, 3.05) is 0 Å². The lowest BCUT2D eigenvalue weighted by molar-refractivity contribution is -0.160. The van der Waals surface area contributed by atoms with E-state index in [-0.39, 0.29) is 5.56 Å². The lowest BCUT2D eigenvalue weighted by Crippen LogP contribution is -2.56. The molecule has 9 nitrogen and oxygen atoms in total. The number of ketones is 2. The number of hydrogen-bond acceptors (Lipinski definition) is 7. The molecule has 0 radical (unpaired) electrons. The van der Waals surface area contributed by atoms with Crippen molar-refractivity contribution >= 4 is 56.8 Å². The van der Waals surface area contributed by atoms with Crippen molar-refractivity contribution in [2.45, 2.75) is 55.1 Å². The molecule has 29 heavy (non-hydrogen) atoms. The van der Waals surface area contributed by atoms with Crippen molar-refractivity contribution in [3.05, 3.63) is 37.6 Å². The molecule has 1 aliphatic rings. The third-order valence-electron chi connectivity index (χ3n) is 4.57. The summed E-state index contributed by atoms with van der Waals surface area (Å²) in [6.45, 7) is 2.63. The molecule has 160 valence electrons. The Bertz CT molecular complexity index is 942. The van der Waals surface area contributed by atoms with E-state index < -0.39 is 64.0 Å². The van der Waals surface area contributed by atoms with Crippen LogP contribution in [0.3, 0.4) is 0 Å². The van der Waals surface area contributed by atoms with Crippen LogP contribution in [-0.4, -0.2) is 59.9 Å². The van der Waals surface area contributed by atoms with Crippen LogP contribution in [0, 0.1) is 0 Å². The van der Waals surface area contributed by atoms with E-state index in [9.17, 15) is 29.4 Å². The molecule has 3 N–H and O–H groups in total. The van der Waals surface area contributed by atoms with Gasteiger partial charge in [-0.1, -0.05) is 15.9 Å². The highest BCUT2D eigenvalue weighted by Gasteiger charge is 2.58. The standard InChI is InChI=1S/C17H19BrCl2N2O7/c1-7(19)11(23)12(24)14-17(28,13(25)8(2)20)5-10(29-14)22-6-9(3-4-18)15(26)21-16(22)27/h3-4,6-8,10,12,14,24,28H,5H2,1-2H3,(H,21,26,27)/t7?,8?,10-,12?,14-,17-/m1/s1. The zero-order valence-corrected chi connectivity index (χ0v) is 18.4. The van der Waals surface area contributed by atoms with Crippen molar-refractivity contribution < 1.29 is 24.5 Å². The van der Waals surface area contributed by atoms with Gasteiger partial charge in [-0.05, 0) is 24.9 Å². The predicted molar refractivity (Wildman–Crippen MR) is 109 cm³/mol. The maximum absolute atomic E-state index is 12.6. The van der Waals surface area contributed by atoms with E-state index in [2.05, 4.69) is 20.9 Å². The molecule has 0 spiro atoms. The molecule has 12 heteroatoms. The first-order valence-electron chi connectivity index (χ1n) is 8.48. The monoisotopic (exact) mass is 512 g/mol. The first-order chi connectivity index (χ1) is 13.4. The summed E-state index contributed by atoms with van der Waals surface area (Å²) in [6.07, 6.45) is -2.89. The summed E-state index contributed by atoms with van der Waals surface area (Å²) in [5, 5.41) is 19.1. The van der Waals surface area contributed by atoms with Gasteiger partial charge in [0.15, 0.2) is 17.2 Å². The van der Waals surface area contributed by atoms with E-state index in [0.717, 1.165) is 4.57 Å². The van der Waals surface area contributed by atoms with Gasteiger partial charge in [0.2, 0.25) is 0 Å². The second-order valence-electron chi connectivity index (χ2n) is 6.63. The molecular formula is C17H19BrCl2N2O7. The topological polar surface area (TPSA) is 139 Å². The van der Waals surface area contributed by atoms with Crippen LogP contribution in [0.25, 0.3) is 6.08 Å². The molecule has 0 aromatic carbocycles. The number of aliphatic hydroxyl groups is 2. The van der Waals surface area contributed by atoms with Crippen LogP contribution >= 0.6 is 39.1 Å². The molecule has 1 aromatic heterocycles. The van der Waals surface area contributed by atoms with E-state index in [1.807, 2.05) is 0 Å². The highest BCUT2D eigenvalue weighted by atomic mass is 79.9. The van der Waals surface area contributed by atoms with Gasteiger partial charge in [-0.15, -0.1) is 23.2 Å². The smallest absolute Gasteiger partial charge is 0.330 e. The minimum absolute atomic E-state index is 0.0834. The fourth-order valence-electron chi connectivity index (χ4n) is 3.08. The number of aliphatic hydroxyl groups excluding tert-OH is 1. The van der Waals surface area contributed by atoms with Gasteiger partial charge in [0.25, 0.3) is 5.56 Å². The summed E-state index contributed by atoms with van der Waals surface area (Å²) in [5.41, 5.74) is -3.82. The number of carbonyl (C=O) groups excluding carboxylic acids is 2. The molecule has 2 heterocycles. The van der Waals surface area contributed by atoms with E-state index in [0.29, 0.717) is 0 Å². The number of aromatic amines is 1. The Morgan fingerprint density at radius 2 is 2.00 bits per heavy atom. The van der Waals surface area contributed by atoms with Crippen LogP contribution < -0.4 is 11.2 Å². The summed E-state index contributed by atoms with van der Waals surface area (Å²) in [4.78, 5) is 52.3. The van der Waals surface area contributed by atoms with Crippen LogP contribution in [0.5, 0.6) is 0 Å². The summed E-state index contributed by atoms with van der Waals surface area (Å²) in [7, 11) is 0. The van der Waals surface area contributed by atoms with Crippen LogP contribution in [0.4, 0.5) is 0 Å². The Morgan fingerprint density at radius 1 is 1.38 bits per heavy atom. The van der Waals surface area contributed by atoms with Gasteiger partial charge in [0.05, 0.1) is 16.3 Å². The lowest BCUT2D eigenvalue weighted by atomic mass is 9.84. The van der Waals surface area contributed by atoms with Crippen molar-refractivity contribution in [3.8, 4) is 0 Å². The third kappa shape index (κ3) is 4.73. The first kappa shape index (κ1) is 24.0. The molecule has 2 rings (SSSR count). The molecule has 1 aliphatic heterocycles. The number of hydrogen-bond donors (Lipinski definition) is 3. The Hall–Kier alpha value is -1.30. The number of alkyl halides is 2. The molecule has 1 saturated heterocycles. The van der Waals surface area contributed by atoms with Crippen molar-refractivity contribution in [1.82, 2.24) is 9.55 Å². The van der Waals surface area contributed by atoms with E-state index in [1.165, 1.54) is 31.1 Å². The Labute approximate surface area is 183 Å². The number of aromatic nitrogens is 2. The van der Waals surface area contributed by atoms with Gasteiger partial charge >= 0.3 is 5.69 Å². The molecule has 1 fully saturated rings. The zero-order valence-electron chi connectivity index (χ0n) is 15.3. The normalized spacial score (nSPS) is 27.7. The van der Waals surface area contributed by atoms with Crippen molar-refractivity contribution in [1.29, 1.82) is 0 Å². The molecule has 0 amide bonds. The van der Waals surface area contributed by atoms with Crippen molar-refractivity contribution in [2.24, 2.45) is 0 Å². The van der Waals surface area contributed by atoms with E-state index in [4.69, 9.17) is 27.9 Å². The molecule has 0 bridgehead atoms. The molecule has 6 atom stereocenters. The average molecular weight is 514 g/mol. The van der Waals surface area contributed by atoms with E-state index in [1.54, 1.807) is 0 Å². The zero-order chi connectivity index (χ0) is 22.1. The second kappa shape index (κ2) is 9.23. The Morgan fingerprint density at radius 3 is 2.52 bits per heavy atom. The summed E-state index contributed by atoms with van der Waals surface area (Å²) in [5.74, 6) is -1.76. The third-order valence-corrected chi connectivity index (χ3v) is 5.24. The summed E-state index contributed by atoms with van der Waals surface area (Å²) in [6, 6.07) is 0. The molecule has 3 unspecified atom stereocenters. The predicted octanol–water partition coefficient (Wildman–Crippen LogP) is 0.674. The van der Waals surface area contributed by atoms with Crippen LogP contribution in [-0.2, 0) is 14.3 Å². The Kier molecular flexibility index (Phi) is 7.63. The molecule has 0 aliphatic carbocycles. The van der Waals surface area contributed by atoms with Crippen LogP contribution in [0.2, 0.25) is 0 Å². The minimum Gasteiger partial charge on any atom is -0.382 e. The summed E-state index contributed by atoms with van der Waals surface area (Å²) < 4.78 is 6.51. The number of carbonyl (C=O) groups is 2. The van der Waals surface area contributed by atoms with E-state index >= 15 is 0 Å². The first-order valence-corrected chi connectivity index (χ1v) is 10.3. The summed E-state index contributed by atoms with van der Waals surface area (Å²) >= 11 is 14.6. The highest BCUT2D eigenvalue weighted by Crippen LogP contribution is 2.40. The SMILES string of the molecule is CC(Cl)C(=O)C(O)[C@H]1O[C@@H](n2cc(C=CBr)c(=O)[nH]c2=O)C[C@@]1(O)C(=O)C(C)Cl.